The molecule has 1 aliphatic rings. The topological polar surface area (TPSA) is 60.9 Å². The lowest BCUT2D eigenvalue weighted by Gasteiger charge is -2.17. The van der Waals surface area contributed by atoms with Gasteiger partial charge in [0.25, 0.3) is 10.1 Å². The Kier molecular flexibility index (Phi) is 3.16. The molecule has 0 aromatic rings. The SMILES string of the molecule is CN1C=CN(CCCS(=O)(=O)O)C1. The summed E-state index contributed by atoms with van der Waals surface area (Å²) < 4.78 is 29.2. The second-order valence-electron chi connectivity index (χ2n) is 3.15. The van der Waals surface area contributed by atoms with Crippen LogP contribution in [0.3, 0.4) is 0 Å². The van der Waals surface area contributed by atoms with Gasteiger partial charge in [-0.2, -0.15) is 8.42 Å². The summed E-state index contributed by atoms with van der Waals surface area (Å²) in [5.74, 6) is -0.166. The summed E-state index contributed by atoms with van der Waals surface area (Å²) in [5, 5.41) is 0. The summed E-state index contributed by atoms with van der Waals surface area (Å²) >= 11 is 0. The zero-order valence-electron chi connectivity index (χ0n) is 7.55. The Labute approximate surface area is 78.4 Å². The fourth-order valence-corrected chi connectivity index (χ4v) is 1.68. The van der Waals surface area contributed by atoms with Crippen LogP contribution in [-0.2, 0) is 10.1 Å². The second-order valence-corrected chi connectivity index (χ2v) is 4.72. The normalized spacial score (nSPS) is 17.1. The van der Waals surface area contributed by atoms with Crippen molar-refractivity contribution in [2.45, 2.75) is 6.42 Å². The van der Waals surface area contributed by atoms with Gasteiger partial charge in [-0.25, -0.2) is 0 Å². The summed E-state index contributed by atoms with van der Waals surface area (Å²) in [7, 11) is -1.85. The molecule has 0 atom stereocenters. The lowest BCUT2D eigenvalue weighted by Crippen LogP contribution is -2.24. The van der Waals surface area contributed by atoms with Crippen LogP contribution in [-0.4, -0.2) is 48.8 Å². The van der Waals surface area contributed by atoms with E-state index in [-0.39, 0.29) is 5.75 Å². The van der Waals surface area contributed by atoms with E-state index < -0.39 is 10.1 Å². The molecular formula is C7H14N2O3S. The average molecular weight is 206 g/mol. The average Bonchev–Trinajstić information content (AvgIpc) is 2.33. The standard InChI is InChI=1S/C7H14N2O3S/c1-8-4-5-9(7-8)3-2-6-13(10,11)12/h4-5H,2-3,6-7H2,1H3,(H,10,11,12). The molecule has 6 heteroatoms. The monoisotopic (exact) mass is 206 g/mol. The van der Waals surface area contributed by atoms with Gasteiger partial charge in [-0.3, -0.25) is 4.55 Å². The van der Waals surface area contributed by atoms with Gasteiger partial charge in [-0.1, -0.05) is 0 Å². The number of hydrogen-bond donors (Lipinski definition) is 1. The minimum absolute atomic E-state index is 0.166. The number of nitrogens with zero attached hydrogens (tertiary/aromatic N) is 2. The highest BCUT2D eigenvalue weighted by Crippen LogP contribution is 2.04. The highest BCUT2D eigenvalue weighted by atomic mass is 32.2. The minimum atomic E-state index is -3.79. The van der Waals surface area contributed by atoms with E-state index in [1.807, 2.05) is 29.2 Å². The molecule has 0 aromatic heterocycles. The molecule has 5 nitrogen and oxygen atoms in total. The molecule has 0 bridgehead atoms. The van der Waals surface area contributed by atoms with Crippen LogP contribution in [0, 0.1) is 0 Å². The van der Waals surface area contributed by atoms with Crippen LogP contribution in [0.1, 0.15) is 6.42 Å². The zero-order chi connectivity index (χ0) is 9.90. The molecule has 0 aliphatic carbocycles. The number of rotatable bonds is 4. The molecule has 0 aromatic carbocycles. The Bertz CT molecular complexity index is 286. The first kappa shape index (κ1) is 10.3. The number of hydrogen-bond acceptors (Lipinski definition) is 4. The van der Waals surface area contributed by atoms with E-state index in [0.717, 1.165) is 6.67 Å². The van der Waals surface area contributed by atoms with Crippen molar-refractivity contribution < 1.29 is 13.0 Å². The third-order valence-electron chi connectivity index (χ3n) is 1.78. The van der Waals surface area contributed by atoms with Gasteiger partial charge in [0.05, 0.1) is 12.4 Å². The van der Waals surface area contributed by atoms with E-state index in [0.29, 0.717) is 13.0 Å². The molecular weight excluding hydrogens is 192 g/mol. The largest absolute Gasteiger partial charge is 0.362 e. The predicted octanol–water partition coefficient (Wildman–Crippen LogP) is -0.0596. The second kappa shape index (κ2) is 3.97. The Balaban J connectivity index is 2.18. The molecule has 0 saturated carbocycles. The summed E-state index contributed by atoms with van der Waals surface area (Å²) in [6.07, 6.45) is 4.29. The van der Waals surface area contributed by atoms with E-state index in [4.69, 9.17) is 4.55 Å². The van der Waals surface area contributed by atoms with Gasteiger partial charge in [0, 0.05) is 26.0 Å². The first-order valence-electron chi connectivity index (χ1n) is 4.05. The highest BCUT2D eigenvalue weighted by molar-refractivity contribution is 7.85. The molecule has 1 N–H and O–H groups in total. The Morgan fingerprint density at radius 1 is 1.46 bits per heavy atom. The zero-order valence-corrected chi connectivity index (χ0v) is 8.37. The van der Waals surface area contributed by atoms with Crippen LogP contribution in [0.25, 0.3) is 0 Å². The van der Waals surface area contributed by atoms with Gasteiger partial charge in [-0.15, -0.1) is 0 Å². The lowest BCUT2D eigenvalue weighted by atomic mass is 10.4. The van der Waals surface area contributed by atoms with Gasteiger partial charge in [0.15, 0.2) is 0 Å². The van der Waals surface area contributed by atoms with E-state index in [1.54, 1.807) is 0 Å². The molecule has 0 unspecified atom stereocenters. The van der Waals surface area contributed by atoms with Gasteiger partial charge >= 0.3 is 0 Å². The van der Waals surface area contributed by atoms with Gasteiger partial charge < -0.3 is 9.80 Å². The third-order valence-corrected chi connectivity index (χ3v) is 2.59. The molecule has 0 saturated heterocycles. The van der Waals surface area contributed by atoms with Crippen LogP contribution >= 0.6 is 0 Å². The smallest absolute Gasteiger partial charge is 0.264 e. The predicted molar refractivity (Wildman–Crippen MR) is 49.5 cm³/mol. The molecule has 0 spiro atoms. The van der Waals surface area contributed by atoms with Crippen LogP contribution in [0.15, 0.2) is 12.4 Å². The van der Waals surface area contributed by atoms with E-state index in [9.17, 15) is 8.42 Å². The summed E-state index contributed by atoms with van der Waals surface area (Å²) in [5.41, 5.74) is 0. The Morgan fingerprint density at radius 3 is 2.62 bits per heavy atom. The maximum absolute atomic E-state index is 10.4. The fourth-order valence-electron chi connectivity index (χ4n) is 1.18. The molecule has 1 rings (SSSR count). The van der Waals surface area contributed by atoms with Gasteiger partial charge in [-0.05, 0) is 6.42 Å². The van der Waals surface area contributed by atoms with Crippen LogP contribution in [0.5, 0.6) is 0 Å². The fraction of sp³-hybridized carbons (Fsp3) is 0.714. The third kappa shape index (κ3) is 4.14. The maximum Gasteiger partial charge on any atom is 0.264 e. The van der Waals surface area contributed by atoms with Crippen molar-refractivity contribution >= 4 is 10.1 Å². The van der Waals surface area contributed by atoms with Crippen molar-refractivity contribution in [1.82, 2.24) is 9.80 Å². The van der Waals surface area contributed by atoms with Crippen molar-refractivity contribution in [2.24, 2.45) is 0 Å². The van der Waals surface area contributed by atoms with Crippen molar-refractivity contribution in [1.29, 1.82) is 0 Å². The maximum atomic E-state index is 10.4. The van der Waals surface area contributed by atoms with Crippen molar-refractivity contribution in [3.63, 3.8) is 0 Å². The van der Waals surface area contributed by atoms with E-state index >= 15 is 0 Å². The summed E-state index contributed by atoms with van der Waals surface area (Å²) in [6.45, 7) is 1.44. The van der Waals surface area contributed by atoms with Crippen LogP contribution < -0.4 is 0 Å². The first-order valence-corrected chi connectivity index (χ1v) is 5.66. The van der Waals surface area contributed by atoms with Crippen molar-refractivity contribution in [2.75, 3.05) is 26.0 Å². The van der Waals surface area contributed by atoms with E-state index in [2.05, 4.69) is 0 Å². The van der Waals surface area contributed by atoms with Crippen molar-refractivity contribution in [3.8, 4) is 0 Å². The minimum Gasteiger partial charge on any atom is -0.362 e. The first-order chi connectivity index (χ1) is 5.97. The summed E-state index contributed by atoms with van der Waals surface area (Å²) in [4.78, 5) is 3.98. The highest BCUT2D eigenvalue weighted by Gasteiger charge is 2.09. The molecule has 1 aliphatic heterocycles. The van der Waals surface area contributed by atoms with Gasteiger partial charge in [0.1, 0.15) is 0 Å². The molecule has 0 radical (unpaired) electrons. The molecule has 13 heavy (non-hydrogen) atoms. The lowest BCUT2D eigenvalue weighted by molar-refractivity contribution is 0.297. The molecule has 1 heterocycles. The van der Waals surface area contributed by atoms with Crippen molar-refractivity contribution in [3.05, 3.63) is 12.4 Å². The molecule has 0 fully saturated rings. The molecule has 0 amide bonds. The molecule has 76 valence electrons. The summed E-state index contributed by atoms with van der Waals surface area (Å²) in [6, 6.07) is 0. The quantitative estimate of drug-likeness (QED) is 0.653. The van der Waals surface area contributed by atoms with Gasteiger partial charge in [0.2, 0.25) is 0 Å². The van der Waals surface area contributed by atoms with E-state index in [1.165, 1.54) is 0 Å². The van der Waals surface area contributed by atoms with Crippen LogP contribution in [0.2, 0.25) is 0 Å². The Morgan fingerprint density at radius 2 is 2.15 bits per heavy atom. The van der Waals surface area contributed by atoms with Crippen LogP contribution in [0.4, 0.5) is 0 Å². The Hall–Kier alpha value is -0.750.